The summed E-state index contributed by atoms with van der Waals surface area (Å²) in [5.74, 6) is 0.580. The summed E-state index contributed by atoms with van der Waals surface area (Å²) in [7, 11) is 1.62. The van der Waals surface area contributed by atoms with E-state index in [1.165, 1.54) is 0 Å². The molecule has 0 spiro atoms. The smallest absolute Gasteiger partial charge is 0.259 e. The minimum atomic E-state index is -0.201. The van der Waals surface area contributed by atoms with Crippen molar-refractivity contribution in [2.75, 3.05) is 19.0 Å². The number of rotatable bonds is 6. The molecule has 5 heteroatoms. The number of para-hydroxylation sites is 1. The van der Waals surface area contributed by atoms with Crippen molar-refractivity contribution in [1.29, 1.82) is 0 Å². The first-order valence-electron chi connectivity index (χ1n) is 6.94. The number of hydrazone groups is 1. The first kappa shape index (κ1) is 15.6. The van der Waals surface area contributed by atoms with E-state index in [2.05, 4.69) is 15.8 Å². The Hall–Kier alpha value is -2.82. The van der Waals surface area contributed by atoms with Crippen molar-refractivity contribution in [1.82, 2.24) is 5.43 Å². The number of nitrogens with zero attached hydrogens (tertiary/aromatic N) is 1. The number of hydrogen-bond donors (Lipinski definition) is 2. The van der Waals surface area contributed by atoms with E-state index in [1.807, 2.05) is 55.5 Å². The number of ether oxygens (including phenoxy) is 1. The molecule has 0 saturated carbocycles. The van der Waals surface area contributed by atoms with Gasteiger partial charge in [-0.15, -0.1) is 0 Å². The van der Waals surface area contributed by atoms with Gasteiger partial charge in [0.05, 0.1) is 19.9 Å². The average molecular weight is 297 g/mol. The van der Waals surface area contributed by atoms with E-state index in [0.717, 1.165) is 22.6 Å². The van der Waals surface area contributed by atoms with Gasteiger partial charge in [0.25, 0.3) is 5.91 Å². The molecule has 2 aromatic carbocycles. The van der Waals surface area contributed by atoms with E-state index in [4.69, 9.17) is 4.74 Å². The fourth-order valence-electron chi connectivity index (χ4n) is 1.86. The molecule has 0 bridgehead atoms. The van der Waals surface area contributed by atoms with E-state index in [0.29, 0.717) is 0 Å². The van der Waals surface area contributed by atoms with Crippen molar-refractivity contribution in [2.45, 2.75) is 6.92 Å². The van der Waals surface area contributed by atoms with Crippen LogP contribution in [0.2, 0.25) is 0 Å². The molecule has 0 atom stereocenters. The molecule has 0 aliphatic heterocycles. The van der Waals surface area contributed by atoms with Crippen molar-refractivity contribution in [3.63, 3.8) is 0 Å². The second-order valence-electron chi connectivity index (χ2n) is 4.73. The molecule has 114 valence electrons. The van der Waals surface area contributed by atoms with Gasteiger partial charge in [-0.3, -0.25) is 4.79 Å². The van der Waals surface area contributed by atoms with Crippen molar-refractivity contribution in [3.8, 4) is 5.75 Å². The van der Waals surface area contributed by atoms with Crippen LogP contribution in [0.5, 0.6) is 5.75 Å². The standard InChI is InChI=1S/C17H19N3O2/c1-13-5-3-4-6-16(13)18-12-17(21)20-19-11-14-7-9-15(22-2)10-8-14/h3-11,18H,12H2,1-2H3,(H,20,21)/b19-11+. The fraction of sp³-hybridized carbons (Fsp3) is 0.176. The van der Waals surface area contributed by atoms with Gasteiger partial charge in [0, 0.05) is 5.69 Å². The first-order valence-corrected chi connectivity index (χ1v) is 6.94. The van der Waals surface area contributed by atoms with Gasteiger partial charge in [0.15, 0.2) is 0 Å². The summed E-state index contributed by atoms with van der Waals surface area (Å²) < 4.78 is 5.07. The predicted molar refractivity (Wildman–Crippen MR) is 88.4 cm³/mol. The lowest BCUT2D eigenvalue weighted by atomic mass is 10.2. The summed E-state index contributed by atoms with van der Waals surface area (Å²) in [6.45, 7) is 2.16. The number of anilines is 1. The lowest BCUT2D eigenvalue weighted by Crippen LogP contribution is -2.26. The van der Waals surface area contributed by atoms with Crippen molar-refractivity contribution >= 4 is 17.8 Å². The summed E-state index contributed by atoms with van der Waals surface area (Å²) in [6, 6.07) is 15.2. The van der Waals surface area contributed by atoms with Crippen molar-refractivity contribution < 1.29 is 9.53 Å². The molecular formula is C17H19N3O2. The Labute approximate surface area is 130 Å². The van der Waals surface area contributed by atoms with E-state index < -0.39 is 0 Å². The molecule has 5 nitrogen and oxygen atoms in total. The second kappa shape index (κ2) is 7.83. The van der Waals surface area contributed by atoms with Gasteiger partial charge >= 0.3 is 0 Å². The zero-order chi connectivity index (χ0) is 15.8. The molecular weight excluding hydrogens is 278 g/mol. The average Bonchev–Trinajstić information content (AvgIpc) is 2.55. The number of hydrogen-bond acceptors (Lipinski definition) is 4. The van der Waals surface area contributed by atoms with E-state index in [9.17, 15) is 4.79 Å². The largest absolute Gasteiger partial charge is 0.497 e. The number of nitrogens with one attached hydrogen (secondary N) is 2. The minimum absolute atomic E-state index is 0.171. The number of methoxy groups -OCH3 is 1. The van der Waals surface area contributed by atoms with Gasteiger partial charge in [-0.05, 0) is 48.4 Å². The van der Waals surface area contributed by atoms with Crippen LogP contribution >= 0.6 is 0 Å². The van der Waals surface area contributed by atoms with Crippen LogP contribution < -0.4 is 15.5 Å². The van der Waals surface area contributed by atoms with Gasteiger partial charge in [-0.25, -0.2) is 5.43 Å². The third kappa shape index (κ3) is 4.63. The maximum absolute atomic E-state index is 11.7. The molecule has 2 N–H and O–H groups in total. The normalized spacial score (nSPS) is 10.5. The number of benzene rings is 2. The predicted octanol–water partition coefficient (Wildman–Crippen LogP) is 2.57. The highest BCUT2D eigenvalue weighted by molar-refractivity contribution is 5.84. The maximum atomic E-state index is 11.7. The highest BCUT2D eigenvalue weighted by Gasteiger charge is 2.01. The van der Waals surface area contributed by atoms with Crippen LogP contribution in [0.3, 0.4) is 0 Å². The number of carbonyl (C=O) groups excluding carboxylic acids is 1. The SMILES string of the molecule is COc1ccc(/C=N/NC(=O)CNc2ccccc2C)cc1. The molecule has 0 fully saturated rings. The van der Waals surface area contributed by atoms with E-state index >= 15 is 0 Å². The van der Waals surface area contributed by atoms with E-state index in [1.54, 1.807) is 13.3 Å². The topological polar surface area (TPSA) is 62.7 Å². The molecule has 0 heterocycles. The highest BCUT2D eigenvalue weighted by atomic mass is 16.5. The molecule has 0 unspecified atom stereocenters. The zero-order valence-corrected chi connectivity index (χ0v) is 12.7. The lowest BCUT2D eigenvalue weighted by molar-refractivity contribution is -0.119. The summed E-state index contributed by atoms with van der Waals surface area (Å²) >= 11 is 0. The molecule has 0 aromatic heterocycles. The van der Waals surface area contributed by atoms with Crippen LogP contribution in [-0.4, -0.2) is 25.8 Å². The van der Waals surface area contributed by atoms with Gasteiger partial charge < -0.3 is 10.1 Å². The third-order valence-corrected chi connectivity index (χ3v) is 3.10. The molecule has 2 aromatic rings. The number of aryl methyl sites for hydroxylation is 1. The van der Waals surface area contributed by atoms with Crippen LogP contribution in [0.1, 0.15) is 11.1 Å². The quantitative estimate of drug-likeness (QED) is 0.636. The third-order valence-electron chi connectivity index (χ3n) is 3.10. The molecule has 0 aliphatic rings. The zero-order valence-electron chi connectivity index (χ0n) is 12.7. The van der Waals surface area contributed by atoms with Gasteiger partial charge in [0.2, 0.25) is 0 Å². The first-order chi connectivity index (χ1) is 10.7. The number of amides is 1. The minimum Gasteiger partial charge on any atom is -0.497 e. The summed E-state index contributed by atoms with van der Waals surface area (Å²) in [5.41, 5.74) is 5.40. The Bertz CT molecular complexity index is 651. The van der Waals surface area contributed by atoms with Crippen molar-refractivity contribution in [3.05, 3.63) is 59.7 Å². The molecule has 22 heavy (non-hydrogen) atoms. The van der Waals surface area contributed by atoms with Crippen LogP contribution in [0.4, 0.5) is 5.69 Å². The molecule has 2 rings (SSSR count). The number of carbonyl (C=O) groups is 1. The molecule has 0 saturated heterocycles. The second-order valence-corrected chi connectivity index (χ2v) is 4.73. The maximum Gasteiger partial charge on any atom is 0.259 e. The van der Waals surface area contributed by atoms with Gasteiger partial charge in [-0.2, -0.15) is 5.10 Å². The fourth-order valence-corrected chi connectivity index (χ4v) is 1.86. The molecule has 0 aliphatic carbocycles. The van der Waals surface area contributed by atoms with E-state index in [-0.39, 0.29) is 12.5 Å². The Morgan fingerprint density at radius 3 is 2.59 bits per heavy atom. The van der Waals surface area contributed by atoms with Crippen LogP contribution in [0.15, 0.2) is 53.6 Å². The van der Waals surface area contributed by atoms with Gasteiger partial charge in [0.1, 0.15) is 5.75 Å². The monoisotopic (exact) mass is 297 g/mol. The summed E-state index contributed by atoms with van der Waals surface area (Å²) in [4.78, 5) is 11.7. The Morgan fingerprint density at radius 2 is 1.91 bits per heavy atom. The van der Waals surface area contributed by atoms with Crippen LogP contribution in [-0.2, 0) is 4.79 Å². The van der Waals surface area contributed by atoms with Gasteiger partial charge in [-0.1, -0.05) is 18.2 Å². The molecule has 0 radical (unpaired) electrons. The highest BCUT2D eigenvalue weighted by Crippen LogP contribution is 2.12. The molecule has 1 amide bonds. The van der Waals surface area contributed by atoms with Crippen molar-refractivity contribution in [2.24, 2.45) is 5.10 Å². The Kier molecular flexibility index (Phi) is 5.54. The van der Waals surface area contributed by atoms with Crippen LogP contribution in [0.25, 0.3) is 0 Å². The lowest BCUT2D eigenvalue weighted by Gasteiger charge is -2.07. The summed E-state index contributed by atoms with van der Waals surface area (Å²) in [5, 5.41) is 7.00. The summed E-state index contributed by atoms with van der Waals surface area (Å²) in [6.07, 6.45) is 1.59. The Balaban J connectivity index is 1.79. The Morgan fingerprint density at radius 1 is 1.18 bits per heavy atom. The van der Waals surface area contributed by atoms with Crippen LogP contribution in [0, 0.1) is 6.92 Å².